The van der Waals surface area contributed by atoms with Crippen molar-refractivity contribution in [1.82, 2.24) is 10.7 Å². The van der Waals surface area contributed by atoms with Crippen LogP contribution in [0.5, 0.6) is 0 Å². The predicted molar refractivity (Wildman–Crippen MR) is 86.3 cm³/mol. The van der Waals surface area contributed by atoms with Crippen LogP contribution in [-0.4, -0.2) is 24.6 Å². The van der Waals surface area contributed by atoms with E-state index in [1.807, 2.05) is 6.92 Å². The molecule has 0 saturated carbocycles. The van der Waals surface area contributed by atoms with Crippen molar-refractivity contribution in [3.8, 4) is 0 Å². The molecule has 0 atom stereocenters. The van der Waals surface area contributed by atoms with Crippen LogP contribution >= 0.6 is 11.6 Å². The van der Waals surface area contributed by atoms with E-state index in [1.54, 1.807) is 24.3 Å². The largest absolute Gasteiger partial charge is 0.366 e. The van der Waals surface area contributed by atoms with E-state index in [-0.39, 0.29) is 11.5 Å². The molecule has 1 heterocycles. The van der Waals surface area contributed by atoms with E-state index in [0.29, 0.717) is 21.8 Å². The van der Waals surface area contributed by atoms with Gasteiger partial charge in [-0.1, -0.05) is 11.6 Å². The van der Waals surface area contributed by atoms with Crippen LogP contribution < -0.4 is 16.5 Å². The Labute approximate surface area is 132 Å². The van der Waals surface area contributed by atoms with Crippen molar-refractivity contribution in [2.24, 2.45) is 10.8 Å². The highest BCUT2D eigenvalue weighted by Gasteiger charge is 2.19. The van der Waals surface area contributed by atoms with Crippen LogP contribution in [0.25, 0.3) is 5.57 Å². The number of primary amides is 1. The number of allylic oxidation sites excluding steroid dienone is 2. The Kier molecular flexibility index (Phi) is 4.62. The van der Waals surface area contributed by atoms with E-state index in [2.05, 4.69) is 15.8 Å². The number of carbonyl (C=O) groups excluding carboxylic acids is 2. The third-order valence-corrected chi connectivity index (χ3v) is 3.41. The molecule has 6 nitrogen and oxygen atoms in total. The summed E-state index contributed by atoms with van der Waals surface area (Å²) in [5, 5.41) is 6.87. The highest BCUT2D eigenvalue weighted by Crippen LogP contribution is 2.28. The fourth-order valence-corrected chi connectivity index (χ4v) is 2.19. The zero-order valence-corrected chi connectivity index (χ0v) is 12.9. The summed E-state index contributed by atoms with van der Waals surface area (Å²) < 4.78 is 0. The van der Waals surface area contributed by atoms with Gasteiger partial charge in [0.25, 0.3) is 11.8 Å². The van der Waals surface area contributed by atoms with Crippen LogP contribution in [0.4, 0.5) is 0 Å². The molecule has 2 amide bonds. The van der Waals surface area contributed by atoms with Crippen LogP contribution in [0.15, 0.2) is 41.1 Å². The molecule has 0 fully saturated rings. The van der Waals surface area contributed by atoms with Crippen LogP contribution in [-0.2, 0) is 4.79 Å². The number of nitrogens with one attached hydrogen (secondary N) is 2. The summed E-state index contributed by atoms with van der Waals surface area (Å²) in [5.74, 6) is -0.953. The summed E-state index contributed by atoms with van der Waals surface area (Å²) in [5.41, 5.74) is 10.3. The number of hydrogen-bond acceptors (Lipinski definition) is 4. The van der Waals surface area contributed by atoms with E-state index in [0.717, 1.165) is 5.71 Å². The van der Waals surface area contributed by atoms with Crippen LogP contribution in [0.3, 0.4) is 0 Å². The maximum Gasteiger partial charge on any atom is 0.251 e. The van der Waals surface area contributed by atoms with Crippen LogP contribution in [0.1, 0.15) is 22.8 Å². The summed E-state index contributed by atoms with van der Waals surface area (Å²) in [7, 11) is 1.52. The fraction of sp³-hybridized carbons (Fsp3) is 0.133. The second-order valence-electron chi connectivity index (χ2n) is 4.62. The second-order valence-corrected chi connectivity index (χ2v) is 5.03. The number of nitrogens with zero attached hydrogens (tertiary/aromatic N) is 1. The molecule has 0 saturated heterocycles. The van der Waals surface area contributed by atoms with E-state index in [1.165, 1.54) is 13.1 Å². The Bertz CT molecular complexity index is 735. The van der Waals surface area contributed by atoms with E-state index >= 15 is 0 Å². The van der Waals surface area contributed by atoms with Gasteiger partial charge < -0.3 is 11.1 Å². The normalized spacial score (nSPS) is 15.7. The molecule has 114 valence electrons. The number of benzene rings is 1. The molecule has 0 spiro atoms. The minimum absolute atomic E-state index is 0.170. The number of hydrogen-bond donors (Lipinski definition) is 3. The Morgan fingerprint density at radius 3 is 2.59 bits per heavy atom. The first kappa shape index (κ1) is 15.8. The summed E-state index contributed by atoms with van der Waals surface area (Å²) >= 11 is 6.17. The van der Waals surface area contributed by atoms with Crippen molar-refractivity contribution >= 4 is 34.7 Å². The van der Waals surface area contributed by atoms with E-state index in [9.17, 15) is 9.59 Å². The van der Waals surface area contributed by atoms with Gasteiger partial charge in [0, 0.05) is 23.2 Å². The van der Waals surface area contributed by atoms with Gasteiger partial charge in [-0.3, -0.25) is 15.0 Å². The first-order valence-corrected chi connectivity index (χ1v) is 6.86. The van der Waals surface area contributed by atoms with E-state index in [4.69, 9.17) is 17.3 Å². The Morgan fingerprint density at radius 2 is 2.05 bits per heavy atom. The number of amides is 2. The predicted octanol–water partition coefficient (Wildman–Crippen LogP) is 1.43. The molecule has 1 aliphatic heterocycles. The molecule has 0 bridgehead atoms. The molecule has 0 aliphatic carbocycles. The van der Waals surface area contributed by atoms with Gasteiger partial charge in [0.2, 0.25) is 0 Å². The minimum Gasteiger partial charge on any atom is -0.366 e. The lowest BCUT2D eigenvalue weighted by atomic mass is 9.99. The van der Waals surface area contributed by atoms with Gasteiger partial charge in [0.15, 0.2) is 0 Å². The lowest BCUT2D eigenvalue weighted by Gasteiger charge is -2.15. The molecule has 0 aromatic heterocycles. The lowest BCUT2D eigenvalue weighted by Crippen LogP contribution is -2.22. The first-order chi connectivity index (χ1) is 10.4. The average molecular weight is 319 g/mol. The van der Waals surface area contributed by atoms with Crippen molar-refractivity contribution in [2.75, 3.05) is 7.05 Å². The zero-order chi connectivity index (χ0) is 16.3. The number of nitrogens with two attached hydrogens (primary N) is 1. The van der Waals surface area contributed by atoms with Crippen molar-refractivity contribution < 1.29 is 9.59 Å². The topological polar surface area (TPSA) is 96.6 Å². The summed E-state index contributed by atoms with van der Waals surface area (Å²) in [6.45, 7) is 1.81. The SMILES string of the molecule is CNC(=O)c1ccc(Cl)c(/C(C(N)=O)=C2\C=CC(C)=NN2)c1. The van der Waals surface area contributed by atoms with Crippen LogP contribution in [0.2, 0.25) is 5.02 Å². The number of rotatable bonds is 3. The molecular formula is C15H15ClN4O2. The van der Waals surface area contributed by atoms with Crippen molar-refractivity contribution in [2.45, 2.75) is 6.92 Å². The maximum atomic E-state index is 11.9. The van der Waals surface area contributed by atoms with Gasteiger partial charge in [-0.05, 0) is 37.3 Å². The van der Waals surface area contributed by atoms with Gasteiger partial charge in [0.05, 0.1) is 17.0 Å². The molecule has 0 radical (unpaired) electrons. The summed E-state index contributed by atoms with van der Waals surface area (Å²) in [6.07, 6.45) is 3.43. The minimum atomic E-state index is -0.669. The van der Waals surface area contributed by atoms with Crippen LogP contribution in [0, 0.1) is 0 Å². The molecular weight excluding hydrogens is 304 g/mol. The second kappa shape index (κ2) is 6.44. The average Bonchev–Trinajstić information content (AvgIpc) is 2.50. The third-order valence-electron chi connectivity index (χ3n) is 3.08. The Balaban J connectivity index is 2.60. The van der Waals surface area contributed by atoms with Gasteiger partial charge >= 0.3 is 0 Å². The fourth-order valence-electron chi connectivity index (χ4n) is 1.98. The number of hydrazone groups is 1. The van der Waals surface area contributed by atoms with Crippen molar-refractivity contribution in [1.29, 1.82) is 0 Å². The van der Waals surface area contributed by atoms with Gasteiger partial charge in [-0.25, -0.2) is 0 Å². The summed E-state index contributed by atoms with van der Waals surface area (Å²) in [6, 6.07) is 4.64. The number of halogens is 1. The molecule has 7 heteroatoms. The molecule has 0 unspecified atom stereocenters. The lowest BCUT2D eigenvalue weighted by molar-refractivity contribution is -0.112. The molecule has 2 rings (SSSR count). The van der Waals surface area contributed by atoms with Gasteiger partial charge in [-0.15, -0.1) is 0 Å². The van der Waals surface area contributed by atoms with E-state index < -0.39 is 5.91 Å². The third kappa shape index (κ3) is 3.17. The molecule has 4 N–H and O–H groups in total. The highest BCUT2D eigenvalue weighted by molar-refractivity contribution is 6.35. The summed E-state index contributed by atoms with van der Waals surface area (Å²) in [4.78, 5) is 23.6. The van der Waals surface area contributed by atoms with Crippen molar-refractivity contribution in [3.05, 3.63) is 52.2 Å². The zero-order valence-electron chi connectivity index (χ0n) is 12.1. The maximum absolute atomic E-state index is 11.9. The molecule has 1 aromatic rings. The molecule has 22 heavy (non-hydrogen) atoms. The Hall–Kier alpha value is -2.60. The standard InChI is InChI=1S/C15H15ClN4O2/c1-8-3-6-12(20-19-8)13(14(17)21)10-7-9(15(22)18-2)4-5-11(10)16/h3-7,20H,1-2H3,(H2,17,21)(H,18,22)/b13-12-. The highest BCUT2D eigenvalue weighted by atomic mass is 35.5. The Morgan fingerprint density at radius 1 is 1.32 bits per heavy atom. The number of carbonyl (C=O) groups is 2. The molecule has 1 aliphatic rings. The quantitative estimate of drug-likeness (QED) is 0.735. The first-order valence-electron chi connectivity index (χ1n) is 6.48. The van der Waals surface area contributed by atoms with Crippen molar-refractivity contribution in [3.63, 3.8) is 0 Å². The molecule has 1 aromatic carbocycles. The van der Waals surface area contributed by atoms with Gasteiger partial charge in [0.1, 0.15) is 0 Å². The monoisotopic (exact) mass is 318 g/mol. The smallest absolute Gasteiger partial charge is 0.251 e. The van der Waals surface area contributed by atoms with Gasteiger partial charge in [-0.2, -0.15) is 5.10 Å².